The fourth-order valence-corrected chi connectivity index (χ4v) is 2.29. The molecule has 2 rings (SSSR count). The lowest BCUT2D eigenvalue weighted by Gasteiger charge is -2.38. The van der Waals surface area contributed by atoms with Gasteiger partial charge in [0.25, 0.3) is 0 Å². The Hall–Kier alpha value is -2.09. The summed E-state index contributed by atoms with van der Waals surface area (Å²) in [7, 11) is 2.01. The predicted molar refractivity (Wildman–Crippen MR) is 75.9 cm³/mol. The second kappa shape index (κ2) is 6.57. The molecule has 2 heterocycles. The Morgan fingerprint density at radius 2 is 2.33 bits per heavy atom. The van der Waals surface area contributed by atoms with Crippen molar-refractivity contribution in [2.45, 2.75) is 25.4 Å². The normalized spacial score (nSPS) is 21.0. The highest BCUT2D eigenvalue weighted by Gasteiger charge is 2.28. The van der Waals surface area contributed by atoms with E-state index in [0.29, 0.717) is 18.8 Å². The second-order valence-electron chi connectivity index (χ2n) is 5.40. The molecule has 1 aliphatic rings. The molecule has 1 aromatic heterocycles. The lowest BCUT2D eigenvalue weighted by molar-refractivity contribution is -0.139. The summed E-state index contributed by atoms with van der Waals surface area (Å²) in [4.78, 5) is 34.0. The van der Waals surface area contributed by atoms with E-state index in [-0.39, 0.29) is 18.5 Å². The number of hydrogen-bond donors (Lipinski definition) is 3. The fourth-order valence-electron chi connectivity index (χ4n) is 2.29. The van der Waals surface area contributed by atoms with E-state index in [2.05, 4.69) is 20.2 Å². The number of carboxylic acid groups (broad SMARTS) is 1. The van der Waals surface area contributed by atoms with Crippen LogP contribution in [0, 0.1) is 0 Å². The Balaban J connectivity index is 1.93. The average Bonchev–Trinajstić information content (AvgIpc) is 2.93. The van der Waals surface area contributed by atoms with Gasteiger partial charge >= 0.3 is 12.0 Å². The van der Waals surface area contributed by atoms with E-state index in [1.165, 1.54) is 6.33 Å². The third-order valence-electron chi connectivity index (χ3n) is 3.82. The summed E-state index contributed by atoms with van der Waals surface area (Å²) in [5, 5.41) is 11.8. The molecular weight excluding hydrogens is 274 g/mol. The van der Waals surface area contributed by atoms with Crippen LogP contribution in [0.4, 0.5) is 4.79 Å². The van der Waals surface area contributed by atoms with Crippen molar-refractivity contribution in [3.05, 3.63) is 18.2 Å². The van der Waals surface area contributed by atoms with Crippen LogP contribution < -0.4 is 5.32 Å². The molecule has 1 fully saturated rings. The maximum absolute atomic E-state index is 12.2. The highest BCUT2D eigenvalue weighted by atomic mass is 16.4. The number of nitrogens with one attached hydrogen (secondary N) is 2. The van der Waals surface area contributed by atoms with E-state index < -0.39 is 12.0 Å². The lowest BCUT2D eigenvalue weighted by Crippen LogP contribution is -2.57. The van der Waals surface area contributed by atoms with Gasteiger partial charge in [-0.2, -0.15) is 0 Å². The molecule has 2 atom stereocenters. The molecule has 0 aromatic carbocycles. The Morgan fingerprint density at radius 1 is 1.57 bits per heavy atom. The topological polar surface area (TPSA) is 102 Å². The quantitative estimate of drug-likeness (QED) is 0.711. The number of urea groups is 1. The zero-order valence-corrected chi connectivity index (χ0v) is 12.2. The molecule has 3 N–H and O–H groups in total. The number of imidazole rings is 1. The average molecular weight is 295 g/mol. The number of hydrogen-bond acceptors (Lipinski definition) is 4. The maximum atomic E-state index is 12.2. The van der Waals surface area contributed by atoms with E-state index in [4.69, 9.17) is 0 Å². The molecule has 0 bridgehead atoms. The van der Waals surface area contributed by atoms with Gasteiger partial charge in [-0.3, -0.25) is 0 Å². The van der Waals surface area contributed by atoms with E-state index >= 15 is 0 Å². The largest absolute Gasteiger partial charge is 0.480 e. The second-order valence-corrected chi connectivity index (χ2v) is 5.40. The predicted octanol–water partition coefficient (Wildman–Crippen LogP) is -0.249. The molecule has 8 heteroatoms. The highest BCUT2D eigenvalue weighted by Crippen LogP contribution is 2.08. The van der Waals surface area contributed by atoms with Gasteiger partial charge in [0.05, 0.1) is 6.33 Å². The van der Waals surface area contributed by atoms with Gasteiger partial charge in [0.2, 0.25) is 0 Å². The standard InChI is InChI=1S/C13H21N5O3/c1-9-7-18(4-3-17(9)2)13(21)16-11(12(19)20)5-10-6-14-8-15-10/h6,8-9,11H,3-5,7H2,1-2H3,(H,14,15)(H,16,21)(H,19,20)/t9?,11-/m1/s1. The number of amides is 2. The summed E-state index contributed by atoms with van der Waals surface area (Å²) in [6.45, 7) is 4.02. The van der Waals surface area contributed by atoms with Crippen LogP contribution in [-0.2, 0) is 11.2 Å². The number of carbonyl (C=O) groups is 2. The van der Waals surface area contributed by atoms with Crippen molar-refractivity contribution in [1.29, 1.82) is 0 Å². The van der Waals surface area contributed by atoms with E-state index in [9.17, 15) is 14.7 Å². The molecule has 0 spiro atoms. The molecule has 21 heavy (non-hydrogen) atoms. The van der Waals surface area contributed by atoms with Gasteiger partial charge in [-0.05, 0) is 14.0 Å². The van der Waals surface area contributed by atoms with Crippen LogP contribution in [-0.4, -0.2) is 75.6 Å². The van der Waals surface area contributed by atoms with Crippen LogP contribution in [0.3, 0.4) is 0 Å². The zero-order chi connectivity index (χ0) is 15.4. The van der Waals surface area contributed by atoms with Gasteiger partial charge < -0.3 is 25.2 Å². The van der Waals surface area contributed by atoms with Crippen molar-refractivity contribution in [3.63, 3.8) is 0 Å². The molecule has 8 nitrogen and oxygen atoms in total. The third-order valence-corrected chi connectivity index (χ3v) is 3.82. The smallest absolute Gasteiger partial charge is 0.326 e. The van der Waals surface area contributed by atoms with Gasteiger partial charge in [-0.25, -0.2) is 14.6 Å². The summed E-state index contributed by atoms with van der Waals surface area (Å²) in [5.74, 6) is -1.06. The highest BCUT2D eigenvalue weighted by molar-refractivity contribution is 5.82. The Labute approximate surface area is 123 Å². The number of aromatic nitrogens is 2. The first-order chi connectivity index (χ1) is 9.97. The first-order valence-corrected chi connectivity index (χ1v) is 6.93. The Morgan fingerprint density at radius 3 is 2.90 bits per heavy atom. The van der Waals surface area contributed by atoms with Crippen molar-refractivity contribution in [2.24, 2.45) is 0 Å². The first kappa shape index (κ1) is 15.3. The molecular formula is C13H21N5O3. The van der Waals surface area contributed by atoms with Crippen LogP contribution in [0.1, 0.15) is 12.6 Å². The summed E-state index contributed by atoms with van der Waals surface area (Å²) in [5.41, 5.74) is 0.675. The van der Waals surface area contributed by atoms with Crippen LogP contribution in [0.25, 0.3) is 0 Å². The van der Waals surface area contributed by atoms with E-state index in [1.54, 1.807) is 11.1 Å². The minimum atomic E-state index is -1.06. The summed E-state index contributed by atoms with van der Waals surface area (Å²) >= 11 is 0. The molecule has 1 aromatic rings. The summed E-state index contributed by atoms with van der Waals surface area (Å²) < 4.78 is 0. The van der Waals surface area contributed by atoms with Crippen molar-refractivity contribution in [3.8, 4) is 0 Å². The van der Waals surface area contributed by atoms with Gasteiger partial charge in [-0.15, -0.1) is 0 Å². The summed E-state index contributed by atoms with van der Waals surface area (Å²) in [6, 6.07) is -1.03. The fraction of sp³-hybridized carbons (Fsp3) is 0.615. The minimum Gasteiger partial charge on any atom is -0.480 e. The number of carboxylic acids is 1. The first-order valence-electron chi connectivity index (χ1n) is 6.93. The number of aromatic amines is 1. The SMILES string of the molecule is CC1CN(C(=O)N[C@H](Cc2cnc[nH]2)C(=O)O)CCN1C. The third kappa shape index (κ3) is 3.94. The molecule has 1 aliphatic heterocycles. The van der Waals surface area contributed by atoms with Crippen molar-refractivity contribution >= 4 is 12.0 Å². The number of H-pyrrole nitrogens is 1. The number of aliphatic carboxylic acids is 1. The van der Waals surface area contributed by atoms with Crippen molar-refractivity contribution < 1.29 is 14.7 Å². The lowest BCUT2D eigenvalue weighted by atomic mass is 10.1. The summed E-state index contributed by atoms with van der Waals surface area (Å²) in [6.07, 6.45) is 3.22. The molecule has 0 saturated carbocycles. The van der Waals surface area contributed by atoms with Crippen LogP contribution in [0.2, 0.25) is 0 Å². The molecule has 1 saturated heterocycles. The van der Waals surface area contributed by atoms with Gasteiger partial charge in [-0.1, -0.05) is 0 Å². The number of piperazine rings is 1. The Bertz CT molecular complexity index is 490. The Kier molecular flexibility index (Phi) is 4.79. The molecule has 0 radical (unpaired) electrons. The van der Waals surface area contributed by atoms with Gasteiger partial charge in [0.1, 0.15) is 6.04 Å². The number of likely N-dealkylation sites (N-methyl/N-ethyl adjacent to an activating group) is 1. The van der Waals surface area contributed by atoms with Crippen molar-refractivity contribution in [1.82, 2.24) is 25.1 Å². The van der Waals surface area contributed by atoms with Crippen LogP contribution in [0.5, 0.6) is 0 Å². The van der Waals surface area contributed by atoms with Crippen molar-refractivity contribution in [2.75, 3.05) is 26.7 Å². The van der Waals surface area contributed by atoms with Crippen LogP contribution >= 0.6 is 0 Å². The number of rotatable bonds is 4. The molecule has 2 amide bonds. The maximum Gasteiger partial charge on any atom is 0.326 e. The minimum absolute atomic E-state index is 0.185. The molecule has 1 unspecified atom stereocenters. The molecule has 0 aliphatic carbocycles. The van der Waals surface area contributed by atoms with Gasteiger partial charge in [0, 0.05) is 44.0 Å². The van der Waals surface area contributed by atoms with Gasteiger partial charge in [0.15, 0.2) is 0 Å². The number of nitrogens with zero attached hydrogens (tertiary/aromatic N) is 3. The molecule has 116 valence electrons. The zero-order valence-electron chi connectivity index (χ0n) is 12.2. The monoisotopic (exact) mass is 295 g/mol. The number of carbonyl (C=O) groups excluding carboxylic acids is 1. The van der Waals surface area contributed by atoms with E-state index in [0.717, 1.165) is 6.54 Å². The van der Waals surface area contributed by atoms with Crippen LogP contribution in [0.15, 0.2) is 12.5 Å². The van der Waals surface area contributed by atoms with E-state index in [1.807, 2.05) is 14.0 Å².